The molecule has 0 unspecified atom stereocenters. The van der Waals surface area contributed by atoms with Gasteiger partial charge in [0.05, 0.1) is 39.6 Å². The molecule has 3 heterocycles. The third kappa shape index (κ3) is 2.23. The molecule has 0 amide bonds. The van der Waals surface area contributed by atoms with Gasteiger partial charge >= 0.3 is 5.97 Å². The highest BCUT2D eigenvalue weighted by Crippen LogP contribution is 2.28. The number of nitrogens with zero attached hydrogens (tertiary/aromatic N) is 5. The predicted octanol–water partition coefficient (Wildman–Crippen LogP) is 2.18. The Balaban J connectivity index is 2.14. The molecule has 0 aliphatic rings. The highest BCUT2D eigenvalue weighted by Gasteiger charge is 2.19. The predicted molar refractivity (Wildman–Crippen MR) is 81.3 cm³/mol. The molecule has 3 aromatic heterocycles. The van der Waals surface area contributed by atoms with Gasteiger partial charge in [0.25, 0.3) is 0 Å². The third-order valence-corrected chi connectivity index (χ3v) is 3.91. The average Bonchev–Trinajstić information content (AvgIpc) is 2.91. The van der Waals surface area contributed by atoms with Crippen molar-refractivity contribution in [3.05, 3.63) is 39.9 Å². The molecule has 0 aromatic carbocycles. The van der Waals surface area contributed by atoms with Gasteiger partial charge in [0.1, 0.15) is 0 Å². The Kier molecular flexibility index (Phi) is 3.37. The summed E-state index contributed by atoms with van der Waals surface area (Å²) in [5.41, 5.74) is 3.08. The molecule has 0 bridgehead atoms. The molecule has 0 radical (unpaired) electrons. The van der Waals surface area contributed by atoms with Gasteiger partial charge in [0, 0.05) is 13.2 Å². The van der Waals surface area contributed by atoms with Crippen LogP contribution in [0.15, 0.2) is 12.3 Å². The van der Waals surface area contributed by atoms with Crippen LogP contribution in [0.25, 0.3) is 11.0 Å². The molecule has 0 aliphatic heterocycles. The molecule has 22 heavy (non-hydrogen) atoms. The summed E-state index contributed by atoms with van der Waals surface area (Å²) in [5.74, 6) is -1.10. The fraction of sp³-hybridized carbons (Fsp3) is 0.286. The lowest BCUT2D eigenvalue weighted by Crippen LogP contribution is -2.08. The van der Waals surface area contributed by atoms with E-state index in [-0.39, 0.29) is 10.6 Å². The van der Waals surface area contributed by atoms with Crippen LogP contribution in [0.4, 0.5) is 0 Å². The first-order valence-electron chi connectivity index (χ1n) is 6.63. The number of hydrogen-bond donors (Lipinski definition) is 1. The van der Waals surface area contributed by atoms with E-state index in [0.717, 1.165) is 11.4 Å². The summed E-state index contributed by atoms with van der Waals surface area (Å²) in [6, 6.07) is 1.97. The van der Waals surface area contributed by atoms with E-state index < -0.39 is 5.97 Å². The molecule has 0 aliphatic carbocycles. The van der Waals surface area contributed by atoms with E-state index >= 15 is 0 Å². The lowest BCUT2D eigenvalue weighted by Gasteiger charge is -2.04. The Bertz CT molecular complexity index is 896. The van der Waals surface area contributed by atoms with Crippen molar-refractivity contribution >= 4 is 28.6 Å². The Hall–Kier alpha value is -2.41. The van der Waals surface area contributed by atoms with Crippen LogP contribution >= 0.6 is 11.6 Å². The number of aryl methyl sites for hydroxylation is 3. The van der Waals surface area contributed by atoms with Crippen molar-refractivity contribution in [2.75, 3.05) is 0 Å². The number of hydrogen-bond acceptors (Lipinski definition) is 4. The van der Waals surface area contributed by atoms with E-state index in [1.54, 1.807) is 16.3 Å². The van der Waals surface area contributed by atoms with Gasteiger partial charge in [0.15, 0.2) is 5.65 Å². The Morgan fingerprint density at radius 2 is 2.09 bits per heavy atom. The molecular formula is C14H14ClN5O2. The van der Waals surface area contributed by atoms with Gasteiger partial charge in [-0.25, -0.2) is 14.5 Å². The maximum atomic E-state index is 11.2. The average molecular weight is 320 g/mol. The van der Waals surface area contributed by atoms with E-state index in [1.807, 2.05) is 20.0 Å². The van der Waals surface area contributed by atoms with Crippen LogP contribution in [0.2, 0.25) is 5.02 Å². The Morgan fingerprint density at radius 1 is 1.36 bits per heavy atom. The van der Waals surface area contributed by atoms with Crippen molar-refractivity contribution in [3.8, 4) is 0 Å². The molecule has 0 saturated heterocycles. The third-order valence-electron chi connectivity index (χ3n) is 3.51. The van der Waals surface area contributed by atoms with E-state index in [2.05, 4.69) is 15.2 Å². The zero-order valence-corrected chi connectivity index (χ0v) is 13.1. The zero-order valence-electron chi connectivity index (χ0n) is 12.3. The van der Waals surface area contributed by atoms with Crippen LogP contribution in [0.3, 0.4) is 0 Å². The van der Waals surface area contributed by atoms with Crippen molar-refractivity contribution in [1.82, 2.24) is 24.5 Å². The zero-order chi connectivity index (χ0) is 16.0. The second-order valence-corrected chi connectivity index (χ2v) is 5.51. The number of carbonyl (C=O) groups is 1. The van der Waals surface area contributed by atoms with Gasteiger partial charge < -0.3 is 5.11 Å². The fourth-order valence-electron chi connectivity index (χ4n) is 2.50. The molecular weight excluding hydrogens is 306 g/mol. The largest absolute Gasteiger partial charge is 0.478 e. The first-order chi connectivity index (χ1) is 10.4. The molecule has 0 atom stereocenters. The molecule has 7 nitrogen and oxygen atoms in total. The van der Waals surface area contributed by atoms with Crippen LogP contribution in [-0.4, -0.2) is 35.6 Å². The van der Waals surface area contributed by atoms with Crippen LogP contribution in [0.5, 0.6) is 0 Å². The second-order valence-electron chi connectivity index (χ2n) is 5.13. The minimum absolute atomic E-state index is 0.0202. The normalized spacial score (nSPS) is 11.3. The monoisotopic (exact) mass is 319 g/mol. The van der Waals surface area contributed by atoms with Crippen LogP contribution in [-0.2, 0) is 13.6 Å². The summed E-state index contributed by atoms with van der Waals surface area (Å²) < 4.78 is 3.49. The van der Waals surface area contributed by atoms with Crippen molar-refractivity contribution in [2.24, 2.45) is 7.05 Å². The van der Waals surface area contributed by atoms with Gasteiger partial charge in [0.2, 0.25) is 0 Å². The first-order valence-corrected chi connectivity index (χ1v) is 7.00. The van der Waals surface area contributed by atoms with Gasteiger partial charge in [-0.3, -0.25) is 4.68 Å². The van der Waals surface area contributed by atoms with Crippen LogP contribution in [0.1, 0.15) is 27.4 Å². The maximum absolute atomic E-state index is 11.2. The maximum Gasteiger partial charge on any atom is 0.338 e. The highest BCUT2D eigenvalue weighted by atomic mass is 35.5. The number of halogens is 1. The summed E-state index contributed by atoms with van der Waals surface area (Å²) in [5, 5.41) is 18.6. The van der Waals surface area contributed by atoms with Gasteiger partial charge in [-0.1, -0.05) is 11.6 Å². The number of carboxylic acids is 1. The second kappa shape index (κ2) is 5.10. The molecule has 3 rings (SSSR count). The number of pyridine rings is 1. The van der Waals surface area contributed by atoms with Crippen molar-refractivity contribution in [3.63, 3.8) is 0 Å². The molecule has 3 aromatic rings. The molecule has 1 N–H and O–H groups in total. The Morgan fingerprint density at radius 3 is 2.68 bits per heavy atom. The Labute approximate surface area is 131 Å². The van der Waals surface area contributed by atoms with Crippen molar-refractivity contribution < 1.29 is 9.90 Å². The minimum Gasteiger partial charge on any atom is -0.478 e. The van der Waals surface area contributed by atoms with Crippen molar-refractivity contribution in [2.45, 2.75) is 20.4 Å². The number of carboxylic acid groups (broad SMARTS) is 1. The molecule has 0 fully saturated rings. The van der Waals surface area contributed by atoms with Crippen LogP contribution in [0, 0.1) is 13.8 Å². The number of rotatable bonds is 3. The quantitative estimate of drug-likeness (QED) is 0.799. The summed E-state index contributed by atoms with van der Waals surface area (Å²) >= 11 is 6.20. The SMILES string of the molecule is Cc1cc(Cn2nc(C)c3c(Cl)c(C(=O)O)cnc32)n(C)n1. The first kappa shape index (κ1) is 14.5. The molecule has 8 heteroatoms. The topological polar surface area (TPSA) is 85.8 Å². The summed E-state index contributed by atoms with van der Waals surface area (Å²) in [4.78, 5) is 15.4. The van der Waals surface area contributed by atoms with Gasteiger partial charge in [-0.2, -0.15) is 10.2 Å². The minimum atomic E-state index is -1.10. The van der Waals surface area contributed by atoms with E-state index in [4.69, 9.17) is 16.7 Å². The van der Waals surface area contributed by atoms with E-state index in [0.29, 0.717) is 23.3 Å². The smallest absolute Gasteiger partial charge is 0.338 e. The van der Waals surface area contributed by atoms with E-state index in [9.17, 15) is 4.79 Å². The summed E-state index contributed by atoms with van der Waals surface area (Å²) in [7, 11) is 1.86. The van der Waals surface area contributed by atoms with Crippen molar-refractivity contribution in [1.29, 1.82) is 0 Å². The molecule has 0 spiro atoms. The lowest BCUT2D eigenvalue weighted by molar-refractivity contribution is 0.0697. The molecule has 114 valence electrons. The van der Waals surface area contributed by atoms with Gasteiger partial charge in [-0.15, -0.1) is 0 Å². The molecule has 0 saturated carbocycles. The highest BCUT2D eigenvalue weighted by molar-refractivity contribution is 6.38. The lowest BCUT2D eigenvalue weighted by atomic mass is 10.2. The summed E-state index contributed by atoms with van der Waals surface area (Å²) in [6.45, 7) is 4.19. The number of fused-ring (bicyclic) bond motifs is 1. The fourth-order valence-corrected chi connectivity index (χ4v) is 2.85. The standard InChI is InChI=1S/C14H14ClN5O2/c1-7-4-9(19(3)17-7)6-20-13-11(8(2)18-20)12(15)10(5-16-13)14(21)22/h4-5H,6H2,1-3H3,(H,21,22). The summed E-state index contributed by atoms with van der Waals surface area (Å²) in [6.07, 6.45) is 1.26. The van der Waals surface area contributed by atoms with E-state index in [1.165, 1.54) is 6.20 Å². The van der Waals surface area contributed by atoms with Crippen LogP contribution < -0.4 is 0 Å². The number of aromatic nitrogens is 5. The van der Waals surface area contributed by atoms with Gasteiger partial charge in [-0.05, 0) is 19.9 Å². The number of aromatic carboxylic acids is 1.